The molecule has 2 N–H and O–H groups in total. The van der Waals surface area contributed by atoms with Gasteiger partial charge in [-0.15, -0.1) is 0 Å². The van der Waals surface area contributed by atoms with E-state index < -0.39 is 11.9 Å². The summed E-state index contributed by atoms with van der Waals surface area (Å²) in [6.45, 7) is 5.19. The van der Waals surface area contributed by atoms with Crippen LogP contribution in [0, 0.1) is 0 Å². The van der Waals surface area contributed by atoms with E-state index >= 15 is 0 Å². The lowest BCUT2D eigenvalue weighted by Crippen LogP contribution is -2.39. The second-order valence-electron chi connectivity index (χ2n) is 9.93. The number of alkyl halides is 3. The highest BCUT2D eigenvalue weighted by molar-refractivity contribution is 5.83. The van der Waals surface area contributed by atoms with Gasteiger partial charge in [-0.3, -0.25) is 4.98 Å². The highest BCUT2D eigenvalue weighted by Crippen LogP contribution is 2.37. The summed E-state index contributed by atoms with van der Waals surface area (Å²) < 4.78 is 47.1. The third kappa shape index (κ3) is 5.18. The van der Waals surface area contributed by atoms with E-state index in [4.69, 9.17) is 15.2 Å². The van der Waals surface area contributed by atoms with Crippen LogP contribution in [-0.4, -0.2) is 67.3 Å². The molecule has 0 saturated carbocycles. The van der Waals surface area contributed by atoms with Crippen molar-refractivity contribution >= 4 is 11.6 Å². The average Bonchev–Trinajstić information content (AvgIpc) is 3.58. The lowest BCUT2D eigenvalue weighted by Gasteiger charge is -2.34. The largest absolute Gasteiger partial charge is 0.433 e. The maximum atomic E-state index is 13.3. The first-order chi connectivity index (χ1) is 18.9. The Bertz CT molecular complexity index is 1420. The van der Waals surface area contributed by atoms with Gasteiger partial charge >= 0.3 is 6.18 Å². The summed E-state index contributed by atoms with van der Waals surface area (Å²) in [6.07, 6.45) is 5.92. The van der Waals surface area contributed by atoms with E-state index in [1.54, 1.807) is 12.3 Å². The standard InChI is InChI=1S/C26H28F3N9O/c27-26(28,29)21-12-18(2-5-31-21)20-14-38(11-10-36-6-1-7-36)24(35-20)17-3-8-37(9-4-17)25-22(19-13-34-39-15-19)23(30)32-16-33-25/h2,5,12-17H,1,3-4,6-11H2,(H2,30,32,33). The van der Waals surface area contributed by atoms with Gasteiger partial charge in [-0.2, -0.15) is 13.2 Å². The Kier molecular flexibility index (Phi) is 6.67. The van der Waals surface area contributed by atoms with Gasteiger partial charge in [-0.1, -0.05) is 5.16 Å². The summed E-state index contributed by atoms with van der Waals surface area (Å²) in [6, 6.07) is 2.65. The molecule has 0 aromatic carbocycles. The van der Waals surface area contributed by atoms with Gasteiger partial charge in [-0.05, 0) is 44.5 Å². The molecule has 2 fully saturated rings. The number of hydrogen-bond donors (Lipinski definition) is 1. The molecule has 0 aliphatic carbocycles. The van der Waals surface area contributed by atoms with Gasteiger partial charge in [0.1, 0.15) is 35.7 Å². The number of anilines is 2. The van der Waals surface area contributed by atoms with Crippen molar-refractivity contribution in [3.63, 3.8) is 0 Å². The molecule has 0 amide bonds. The predicted molar refractivity (Wildman–Crippen MR) is 138 cm³/mol. The van der Waals surface area contributed by atoms with Gasteiger partial charge in [0.05, 0.1) is 17.5 Å². The third-order valence-corrected chi connectivity index (χ3v) is 7.50. The molecule has 4 aromatic rings. The average molecular weight is 540 g/mol. The fourth-order valence-electron chi connectivity index (χ4n) is 5.26. The number of hydrogen-bond acceptors (Lipinski definition) is 9. The van der Waals surface area contributed by atoms with Crippen molar-refractivity contribution in [2.75, 3.05) is 43.4 Å². The molecule has 2 saturated heterocycles. The fourth-order valence-corrected chi connectivity index (χ4v) is 5.26. The second-order valence-corrected chi connectivity index (χ2v) is 9.93. The molecule has 0 bridgehead atoms. The molecule has 2 aliphatic heterocycles. The van der Waals surface area contributed by atoms with E-state index in [1.807, 2.05) is 6.20 Å². The maximum Gasteiger partial charge on any atom is 0.433 e. The minimum absolute atomic E-state index is 0.147. The number of imidazole rings is 1. The van der Waals surface area contributed by atoms with Gasteiger partial charge in [0.2, 0.25) is 0 Å². The Labute approximate surface area is 222 Å². The van der Waals surface area contributed by atoms with Gasteiger partial charge < -0.3 is 24.6 Å². The van der Waals surface area contributed by atoms with E-state index in [0.717, 1.165) is 56.7 Å². The topological polar surface area (TPSA) is 115 Å². The number of piperidine rings is 1. The summed E-state index contributed by atoms with van der Waals surface area (Å²) in [5, 5.41) is 3.79. The first-order valence-corrected chi connectivity index (χ1v) is 12.9. The first-order valence-electron chi connectivity index (χ1n) is 12.9. The van der Waals surface area contributed by atoms with E-state index in [0.29, 0.717) is 41.3 Å². The van der Waals surface area contributed by atoms with Crippen LogP contribution in [0.25, 0.3) is 22.4 Å². The molecule has 6 heterocycles. The molecule has 10 nitrogen and oxygen atoms in total. The van der Waals surface area contributed by atoms with Crippen molar-refractivity contribution in [3.8, 4) is 22.4 Å². The number of likely N-dealkylation sites (tertiary alicyclic amines) is 1. The van der Waals surface area contributed by atoms with Crippen molar-refractivity contribution in [1.29, 1.82) is 0 Å². The minimum Gasteiger partial charge on any atom is -0.383 e. The number of halogens is 3. The summed E-state index contributed by atoms with van der Waals surface area (Å²) >= 11 is 0. The lowest BCUT2D eigenvalue weighted by atomic mass is 9.95. The fraction of sp³-hybridized carbons (Fsp3) is 0.423. The summed E-state index contributed by atoms with van der Waals surface area (Å²) in [4.78, 5) is 21.6. The van der Waals surface area contributed by atoms with Crippen LogP contribution in [0.1, 0.15) is 36.7 Å². The summed E-state index contributed by atoms with van der Waals surface area (Å²) in [5.41, 5.74) is 7.61. The molecule has 2 aliphatic rings. The zero-order valence-corrected chi connectivity index (χ0v) is 21.2. The van der Waals surface area contributed by atoms with Crippen LogP contribution in [0.5, 0.6) is 0 Å². The lowest BCUT2D eigenvalue weighted by molar-refractivity contribution is -0.141. The quantitative estimate of drug-likeness (QED) is 0.371. The maximum absolute atomic E-state index is 13.3. The number of nitrogens with zero attached hydrogens (tertiary/aromatic N) is 8. The SMILES string of the molecule is Nc1ncnc(N2CCC(c3nc(-c4ccnc(C(F)(F)F)c4)cn3CCN3CCC3)CC2)c1-c1cnoc1. The normalized spacial score (nSPS) is 16.9. The molecule has 6 rings (SSSR count). The molecular formula is C26H28F3N9O. The van der Waals surface area contributed by atoms with Crippen LogP contribution in [0.2, 0.25) is 0 Å². The highest BCUT2D eigenvalue weighted by atomic mass is 19.4. The predicted octanol–water partition coefficient (Wildman–Crippen LogP) is 4.08. The van der Waals surface area contributed by atoms with E-state index in [1.165, 1.54) is 25.2 Å². The molecule has 39 heavy (non-hydrogen) atoms. The van der Waals surface area contributed by atoms with Gasteiger partial charge in [0.15, 0.2) is 0 Å². The minimum atomic E-state index is -4.51. The zero-order valence-electron chi connectivity index (χ0n) is 21.2. The number of nitrogen functional groups attached to an aromatic ring is 1. The molecule has 4 aromatic heterocycles. The Morgan fingerprint density at radius 3 is 2.54 bits per heavy atom. The molecule has 0 radical (unpaired) electrons. The molecule has 0 atom stereocenters. The molecule has 204 valence electrons. The van der Waals surface area contributed by atoms with E-state index in [2.05, 4.69) is 34.5 Å². The van der Waals surface area contributed by atoms with E-state index in [9.17, 15) is 13.2 Å². The molecule has 0 unspecified atom stereocenters. The smallest absolute Gasteiger partial charge is 0.383 e. The van der Waals surface area contributed by atoms with Crippen LogP contribution < -0.4 is 10.6 Å². The zero-order chi connectivity index (χ0) is 27.0. The van der Waals surface area contributed by atoms with Crippen molar-refractivity contribution in [2.45, 2.75) is 37.9 Å². The first kappa shape index (κ1) is 25.3. The number of pyridine rings is 1. The van der Waals surface area contributed by atoms with Crippen molar-refractivity contribution in [3.05, 3.63) is 54.8 Å². The molecule has 0 spiro atoms. The van der Waals surface area contributed by atoms with Gasteiger partial charge in [0.25, 0.3) is 0 Å². The Hall–Kier alpha value is -4.00. The van der Waals surface area contributed by atoms with Crippen LogP contribution in [0.3, 0.4) is 0 Å². The highest BCUT2D eigenvalue weighted by Gasteiger charge is 2.33. The molecular weight excluding hydrogens is 511 g/mol. The van der Waals surface area contributed by atoms with Gasteiger partial charge in [0, 0.05) is 55.6 Å². The van der Waals surface area contributed by atoms with Crippen molar-refractivity contribution in [2.24, 2.45) is 0 Å². The van der Waals surface area contributed by atoms with Crippen molar-refractivity contribution in [1.82, 2.24) is 34.6 Å². The summed E-state index contributed by atoms with van der Waals surface area (Å²) in [7, 11) is 0. The second kappa shape index (κ2) is 10.3. The number of rotatable bonds is 7. The third-order valence-electron chi connectivity index (χ3n) is 7.50. The van der Waals surface area contributed by atoms with Crippen LogP contribution >= 0.6 is 0 Å². The number of aromatic nitrogens is 6. The van der Waals surface area contributed by atoms with E-state index in [-0.39, 0.29) is 5.92 Å². The summed E-state index contributed by atoms with van der Waals surface area (Å²) in [5.74, 6) is 2.13. The van der Waals surface area contributed by atoms with Gasteiger partial charge in [-0.25, -0.2) is 15.0 Å². The molecule has 13 heteroatoms. The van der Waals surface area contributed by atoms with Crippen LogP contribution in [-0.2, 0) is 12.7 Å². The monoisotopic (exact) mass is 539 g/mol. The number of nitrogens with two attached hydrogens (primary N) is 1. The Morgan fingerprint density at radius 1 is 1.03 bits per heavy atom. The Morgan fingerprint density at radius 2 is 1.85 bits per heavy atom. The van der Waals surface area contributed by atoms with Crippen LogP contribution in [0.15, 0.2) is 47.8 Å². The Balaban J connectivity index is 1.25. The van der Waals surface area contributed by atoms with Crippen molar-refractivity contribution < 1.29 is 17.7 Å². The van der Waals surface area contributed by atoms with Crippen LogP contribution in [0.4, 0.5) is 24.8 Å².